The Bertz CT molecular complexity index is 329. The highest BCUT2D eigenvalue weighted by atomic mass is 15.1. The summed E-state index contributed by atoms with van der Waals surface area (Å²) in [4.78, 5) is 6.40. The van der Waals surface area contributed by atoms with E-state index in [1.807, 2.05) is 13.4 Å². The van der Waals surface area contributed by atoms with Crippen molar-refractivity contribution in [3.8, 4) is 0 Å². The van der Waals surface area contributed by atoms with Crippen LogP contribution in [0.5, 0.6) is 0 Å². The van der Waals surface area contributed by atoms with Gasteiger partial charge in [0.15, 0.2) is 0 Å². The van der Waals surface area contributed by atoms with Gasteiger partial charge in [0, 0.05) is 13.6 Å². The maximum absolute atomic E-state index is 4.32. The zero-order valence-electron chi connectivity index (χ0n) is 7.41. The predicted molar refractivity (Wildman–Crippen MR) is 50.8 cm³/mol. The molecule has 12 heavy (non-hydrogen) atoms. The highest BCUT2D eigenvalue weighted by molar-refractivity contribution is 5.66. The van der Waals surface area contributed by atoms with Gasteiger partial charge < -0.3 is 4.90 Å². The predicted octanol–water partition coefficient (Wildman–Crippen LogP) is 2.10. The van der Waals surface area contributed by atoms with Crippen molar-refractivity contribution in [2.45, 2.75) is 13.5 Å². The number of nitrogens with zero attached hydrogens (tertiary/aromatic N) is 2. The quantitative estimate of drug-likeness (QED) is 0.567. The fourth-order valence-electron chi connectivity index (χ4n) is 1.44. The number of hydrogen-bond donors (Lipinski definition) is 0. The molecule has 0 saturated carbocycles. The average Bonchev–Trinajstić information content (AvgIpc) is 2.03. The number of benzene rings is 1. The molecule has 0 saturated heterocycles. The maximum atomic E-state index is 4.32. The van der Waals surface area contributed by atoms with Crippen LogP contribution in [0.25, 0.3) is 0 Å². The molecule has 62 valence electrons. The highest BCUT2D eigenvalue weighted by Gasteiger charge is 2.07. The summed E-state index contributed by atoms with van der Waals surface area (Å²) in [5.74, 6) is 0. The van der Waals surface area contributed by atoms with Gasteiger partial charge in [-0.3, -0.25) is 0 Å². The second-order valence-corrected chi connectivity index (χ2v) is 3.29. The maximum Gasteiger partial charge on any atom is 0.0912 e. The highest BCUT2D eigenvalue weighted by Crippen LogP contribution is 2.23. The summed E-state index contributed by atoms with van der Waals surface area (Å²) < 4.78 is 0. The van der Waals surface area contributed by atoms with Crippen LogP contribution in [0.2, 0.25) is 0 Å². The normalized spacial score (nSPS) is 14.7. The lowest BCUT2D eigenvalue weighted by atomic mass is 10.1. The van der Waals surface area contributed by atoms with Gasteiger partial charge in [-0.15, -0.1) is 0 Å². The summed E-state index contributed by atoms with van der Waals surface area (Å²) >= 11 is 0. The van der Waals surface area contributed by atoms with E-state index >= 15 is 0 Å². The molecular formula is C10H12N2. The van der Waals surface area contributed by atoms with Crippen LogP contribution < -0.4 is 0 Å². The van der Waals surface area contributed by atoms with Crippen LogP contribution in [0.3, 0.4) is 0 Å². The summed E-state index contributed by atoms with van der Waals surface area (Å²) in [7, 11) is 2.04. The standard InChI is InChI=1S/C10H12N2/c1-8-3-4-10-9(5-8)6-12(2)7-11-10/h3-5,7H,6H2,1-2H3. The van der Waals surface area contributed by atoms with E-state index in [1.54, 1.807) is 0 Å². The minimum Gasteiger partial charge on any atom is -0.361 e. The van der Waals surface area contributed by atoms with E-state index < -0.39 is 0 Å². The molecule has 0 aromatic heterocycles. The molecule has 0 bridgehead atoms. The molecule has 0 radical (unpaired) electrons. The first kappa shape index (κ1) is 7.35. The first-order valence-corrected chi connectivity index (χ1v) is 4.10. The third-order valence-electron chi connectivity index (χ3n) is 2.05. The number of rotatable bonds is 0. The minimum atomic E-state index is 0.973. The van der Waals surface area contributed by atoms with E-state index in [0.717, 1.165) is 12.2 Å². The molecule has 0 N–H and O–H groups in total. The molecule has 2 nitrogen and oxygen atoms in total. The van der Waals surface area contributed by atoms with E-state index in [2.05, 4.69) is 35.0 Å². The second-order valence-electron chi connectivity index (χ2n) is 3.29. The van der Waals surface area contributed by atoms with E-state index in [9.17, 15) is 0 Å². The van der Waals surface area contributed by atoms with Gasteiger partial charge in [-0.2, -0.15) is 0 Å². The average molecular weight is 160 g/mol. The van der Waals surface area contributed by atoms with Crippen molar-refractivity contribution in [3.05, 3.63) is 29.3 Å². The van der Waals surface area contributed by atoms with Crippen LogP contribution in [0, 0.1) is 6.92 Å². The first-order valence-electron chi connectivity index (χ1n) is 4.10. The smallest absolute Gasteiger partial charge is 0.0912 e. The summed E-state index contributed by atoms with van der Waals surface area (Å²) in [6, 6.07) is 6.37. The SMILES string of the molecule is Cc1ccc2c(c1)CN(C)C=N2. The fourth-order valence-corrected chi connectivity index (χ4v) is 1.44. The molecule has 0 unspecified atom stereocenters. The molecule has 1 aromatic carbocycles. The molecule has 2 rings (SSSR count). The zero-order chi connectivity index (χ0) is 8.55. The third-order valence-corrected chi connectivity index (χ3v) is 2.05. The largest absolute Gasteiger partial charge is 0.361 e. The van der Waals surface area contributed by atoms with Gasteiger partial charge in [-0.1, -0.05) is 17.7 Å². The number of aryl methyl sites for hydroxylation is 1. The van der Waals surface area contributed by atoms with Crippen LogP contribution in [-0.4, -0.2) is 18.3 Å². The Labute approximate surface area is 72.5 Å². The molecule has 0 amide bonds. The van der Waals surface area contributed by atoms with E-state index in [-0.39, 0.29) is 0 Å². The molecule has 0 fully saturated rings. The Morgan fingerprint density at radius 1 is 1.42 bits per heavy atom. The molecule has 1 aliphatic heterocycles. The Kier molecular flexibility index (Phi) is 1.61. The molecule has 0 atom stereocenters. The molecule has 1 heterocycles. The summed E-state index contributed by atoms with van der Waals surface area (Å²) in [6.07, 6.45) is 1.87. The van der Waals surface area contributed by atoms with Gasteiger partial charge >= 0.3 is 0 Å². The van der Waals surface area contributed by atoms with Crippen LogP contribution in [0.1, 0.15) is 11.1 Å². The van der Waals surface area contributed by atoms with Crippen LogP contribution in [-0.2, 0) is 6.54 Å². The van der Waals surface area contributed by atoms with Crippen LogP contribution >= 0.6 is 0 Å². The Morgan fingerprint density at radius 3 is 3.08 bits per heavy atom. The van der Waals surface area contributed by atoms with E-state index in [0.29, 0.717) is 0 Å². The third kappa shape index (κ3) is 1.20. The van der Waals surface area contributed by atoms with Crippen LogP contribution in [0.15, 0.2) is 23.2 Å². The van der Waals surface area contributed by atoms with Gasteiger partial charge in [0.05, 0.1) is 12.0 Å². The van der Waals surface area contributed by atoms with Crippen molar-refractivity contribution in [2.24, 2.45) is 4.99 Å². The summed E-state index contributed by atoms with van der Waals surface area (Å²) in [5, 5.41) is 0. The van der Waals surface area contributed by atoms with Gasteiger partial charge in [0.25, 0.3) is 0 Å². The van der Waals surface area contributed by atoms with Crippen molar-refractivity contribution < 1.29 is 0 Å². The summed E-state index contributed by atoms with van der Waals surface area (Å²) in [5.41, 5.74) is 3.73. The molecule has 0 spiro atoms. The number of aliphatic imine (C=N–C) groups is 1. The van der Waals surface area contributed by atoms with Gasteiger partial charge in [0.1, 0.15) is 0 Å². The number of fused-ring (bicyclic) bond motifs is 1. The molecule has 0 aliphatic carbocycles. The molecule has 1 aliphatic rings. The van der Waals surface area contributed by atoms with Crippen molar-refractivity contribution in [3.63, 3.8) is 0 Å². The summed E-state index contributed by atoms with van der Waals surface area (Å²) in [6.45, 7) is 3.08. The molecule has 2 heteroatoms. The van der Waals surface area contributed by atoms with Gasteiger partial charge in [-0.05, 0) is 18.6 Å². The van der Waals surface area contributed by atoms with Crippen molar-refractivity contribution in [1.82, 2.24) is 4.90 Å². The Morgan fingerprint density at radius 2 is 2.25 bits per heavy atom. The first-order chi connectivity index (χ1) is 5.75. The van der Waals surface area contributed by atoms with E-state index in [1.165, 1.54) is 11.1 Å². The van der Waals surface area contributed by atoms with E-state index in [4.69, 9.17) is 0 Å². The Hall–Kier alpha value is -1.31. The topological polar surface area (TPSA) is 15.6 Å². The minimum absolute atomic E-state index is 0.973. The van der Waals surface area contributed by atoms with Gasteiger partial charge in [0.2, 0.25) is 0 Å². The second kappa shape index (κ2) is 2.63. The lowest BCUT2D eigenvalue weighted by Gasteiger charge is -2.19. The number of hydrogen-bond acceptors (Lipinski definition) is 2. The van der Waals surface area contributed by atoms with Crippen molar-refractivity contribution in [2.75, 3.05) is 7.05 Å². The monoisotopic (exact) mass is 160 g/mol. The fraction of sp³-hybridized carbons (Fsp3) is 0.300. The van der Waals surface area contributed by atoms with Gasteiger partial charge in [-0.25, -0.2) is 4.99 Å². The van der Waals surface area contributed by atoms with Crippen molar-refractivity contribution >= 4 is 12.0 Å². The Balaban J connectivity index is 2.47. The van der Waals surface area contributed by atoms with Crippen molar-refractivity contribution in [1.29, 1.82) is 0 Å². The molecular weight excluding hydrogens is 148 g/mol. The van der Waals surface area contributed by atoms with Crippen LogP contribution in [0.4, 0.5) is 5.69 Å². The molecule has 1 aromatic rings. The lowest BCUT2D eigenvalue weighted by molar-refractivity contribution is 0.509. The zero-order valence-corrected chi connectivity index (χ0v) is 7.41. The lowest BCUT2D eigenvalue weighted by Crippen LogP contribution is -2.18.